The van der Waals surface area contributed by atoms with Crippen LogP contribution in [0.1, 0.15) is 23.0 Å². The van der Waals surface area contributed by atoms with E-state index < -0.39 is 18.0 Å². The molecule has 0 aliphatic rings. The van der Waals surface area contributed by atoms with Crippen molar-refractivity contribution in [3.05, 3.63) is 34.9 Å². The van der Waals surface area contributed by atoms with E-state index in [0.717, 1.165) is 12.1 Å². The molecule has 1 aromatic rings. The maximum absolute atomic E-state index is 12.6. The van der Waals surface area contributed by atoms with E-state index in [4.69, 9.17) is 10.2 Å². The predicted octanol–water partition coefficient (Wildman–Crippen LogP) is 1.75. The molecule has 0 bridgehead atoms. The highest BCUT2D eigenvalue weighted by atomic mass is 19.4. The molecule has 0 aromatic heterocycles. The fourth-order valence-corrected chi connectivity index (χ4v) is 1.49. The molecule has 6 heteroatoms. The summed E-state index contributed by atoms with van der Waals surface area (Å²) in [5, 5.41) is 17.9. The molecule has 0 amide bonds. The fraction of sp³-hybridized carbons (Fsp3) is 0.455. The van der Waals surface area contributed by atoms with Crippen molar-refractivity contribution in [1.29, 1.82) is 0 Å². The van der Waals surface area contributed by atoms with E-state index >= 15 is 0 Å². The van der Waals surface area contributed by atoms with Gasteiger partial charge in [0.1, 0.15) is 0 Å². The Hall–Kier alpha value is -1.11. The van der Waals surface area contributed by atoms with Gasteiger partial charge in [0, 0.05) is 12.1 Å². The molecule has 17 heavy (non-hydrogen) atoms. The minimum Gasteiger partial charge on any atom is -0.364 e. The summed E-state index contributed by atoms with van der Waals surface area (Å²) in [5.74, 6) is 0. The summed E-state index contributed by atoms with van der Waals surface area (Å²) < 4.78 is 37.7. The lowest BCUT2D eigenvalue weighted by molar-refractivity contribution is -0.137. The first-order valence-corrected chi connectivity index (χ1v) is 4.92. The molecule has 0 saturated carbocycles. The smallest absolute Gasteiger partial charge is 0.364 e. The Balaban J connectivity index is 3.19. The maximum atomic E-state index is 12.6. The third-order valence-electron chi connectivity index (χ3n) is 2.14. The summed E-state index contributed by atoms with van der Waals surface area (Å²) in [4.78, 5) is 1.70. The number of hydrogen-bond donors (Lipinski definition) is 2. The summed E-state index contributed by atoms with van der Waals surface area (Å²) >= 11 is 0. The zero-order chi connectivity index (χ0) is 13.2. The van der Waals surface area contributed by atoms with Gasteiger partial charge in [-0.15, -0.1) is 0 Å². The van der Waals surface area contributed by atoms with Crippen molar-refractivity contribution in [2.24, 2.45) is 0 Å². The van der Waals surface area contributed by atoms with Gasteiger partial charge in [-0.2, -0.15) is 13.2 Å². The SMILES string of the molecule is CN(C)Cc1cc(C(O)O)cc(C(F)(F)F)c1. The molecular weight excluding hydrogens is 235 g/mol. The van der Waals surface area contributed by atoms with Crippen LogP contribution in [0, 0.1) is 0 Å². The Morgan fingerprint density at radius 2 is 1.76 bits per heavy atom. The first-order chi connectivity index (χ1) is 7.70. The molecule has 0 unspecified atom stereocenters. The number of benzene rings is 1. The van der Waals surface area contributed by atoms with Crippen LogP contribution < -0.4 is 0 Å². The van der Waals surface area contributed by atoms with E-state index in [1.807, 2.05) is 0 Å². The minimum atomic E-state index is -4.49. The summed E-state index contributed by atoms with van der Waals surface area (Å²) in [6.45, 7) is 0.295. The third-order valence-corrected chi connectivity index (χ3v) is 2.14. The van der Waals surface area contributed by atoms with E-state index in [9.17, 15) is 13.2 Å². The van der Waals surface area contributed by atoms with Gasteiger partial charge in [0.25, 0.3) is 0 Å². The van der Waals surface area contributed by atoms with Crippen molar-refractivity contribution in [3.8, 4) is 0 Å². The maximum Gasteiger partial charge on any atom is 0.416 e. The lowest BCUT2D eigenvalue weighted by Gasteiger charge is -2.15. The van der Waals surface area contributed by atoms with E-state index in [2.05, 4.69) is 0 Å². The lowest BCUT2D eigenvalue weighted by atomic mass is 10.0. The highest BCUT2D eigenvalue weighted by molar-refractivity contribution is 5.32. The number of rotatable bonds is 3. The first-order valence-electron chi connectivity index (χ1n) is 4.92. The molecule has 0 heterocycles. The van der Waals surface area contributed by atoms with Crippen LogP contribution in [-0.4, -0.2) is 29.2 Å². The van der Waals surface area contributed by atoms with Gasteiger partial charge in [-0.1, -0.05) is 0 Å². The second-order valence-corrected chi connectivity index (χ2v) is 4.07. The van der Waals surface area contributed by atoms with Crippen LogP contribution in [0.25, 0.3) is 0 Å². The Morgan fingerprint density at radius 1 is 1.18 bits per heavy atom. The van der Waals surface area contributed by atoms with Crippen molar-refractivity contribution in [2.75, 3.05) is 14.1 Å². The summed E-state index contributed by atoms with van der Waals surface area (Å²) in [7, 11) is 3.44. The van der Waals surface area contributed by atoms with Crippen LogP contribution in [0.4, 0.5) is 13.2 Å². The monoisotopic (exact) mass is 249 g/mol. The van der Waals surface area contributed by atoms with Crippen LogP contribution in [0.3, 0.4) is 0 Å². The lowest BCUT2D eigenvalue weighted by Crippen LogP contribution is -2.14. The van der Waals surface area contributed by atoms with Gasteiger partial charge in [0.15, 0.2) is 6.29 Å². The molecule has 0 spiro atoms. The van der Waals surface area contributed by atoms with Gasteiger partial charge >= 0.3 is 6.18 Å². The molecule has 1 aromatic carbocycles. The normalized spacial score (nSPS) is 12.5. The van der Waals surface area contributed by atoms with Crippen molar-refractivity contribution < 1.29 is 23.4 Å². The second-order valence-electron chi connectivity index (χ2n) is 4.07. The van der Waals surface area contributed by atoms with Gasteiger partial charge in [-0.3, -0.25) is 0 Å². The van der Waals surface area contributed by atoms with Gasteiger partial charge in [0.05, 0.1) is 5.56 Å². The van der Waals surface area contributed by atoms with E-state index in [0.29, 0.717) is 12.1 Å². The summed E-state index contributed by atoms with van der Waals surface area (Å²) in [5.41, 5.74) is -0.649. The molecule has 0 atom stereocenters. The number of alkyl halides is 3. The standard InChI is InChI=1S/C11H14F3NO2/c1-15(2)6-7-3-8(10(16)17)5-9(4-7)11(12,13)14/h3-5,10,16-17H,6H2,1-2H3. The van der Waals surface area contributed by atoms with Gasteiger partial charge in [0.2, 0.25) is 0 Å². The number of halogens is 3. The fourth-order valence-electron chi connectivity index (χ4n) is 1.49. The molecule has 0 aliphatic heterocycles. The quantitative estimate of drug-likeness (QED) is 0.802. The van der Waals surface area contributed by atoms with Gasteiger partial charge < -0.3 is 15.1 Å². The Morgan fingerprint density at radius 3 is 2.18 bits per heavy atom. The topological polar surface area (TPSA) is 43.7 Å². The zero-order valence-corrected chi connectivity index (χ0v) is 9.49. The van der Waals surface area contributed by atoms with E-state index in [1.165, 1.54) is 6.07 Å². The Kier molecular flexibility index (Phi) is 4.13. The van der Waals surface area contributed by atoms with E-state index in [1.54, 1.807) is 19.0 Å². The number of hydrogen-bond acceptors (Lipinski definition) is 3. The zero-order valence-electron chi connectivity index (χ0n) is 9.49. The average molecular weight is 249 g/mol. The molecule has 2 N–H and O–H groups in total. The summed E-state index contributed by atoms with van der Waals surface area (Å²) in [6.07, 6.45) is -6.40. The molecule has 0 saturated heterocycles. The number of aliphatic hydroxyl groups excluding tert-OH is 1. The van der Waals surface area contributed by atoms with Crippen molar-refractivity contribution in [2.45, 2.75) is 19.0 Å². The van der Waals surface area contributed by atoms with Crippen molar-refractivity contribution >= 4 is 0 Å². The number of aliphatic hydroxyl groups is 2. The highest BCUT2D eigenvalue weighted by Gasteiger charge is 2.31. The molecular formula is C11H14F3NO2. The van der Waals surface area contributed by atoms with Crippen LogP contribution in [-0.2, 0) is 12.7 Å². The molecule has 3 nitrogen and oxygen atoms in total. The summed E-state index contributed by atoms with van der Waals surface area (Å²) in [6, 6.07) is 3.09. The van der Waals surface area contributed by atoms with Gasteiger partial charge in [-0.25, -0.2) is 0 Å². The largest absolute Gasteiger partial charge is 0.416 e. The second kappa shape index (κ2) is 5.03. The predicted molar refractivity (Wildman–Crippen MR) is 56.0 cm³/mol. The Bertz CT molecular complexity index is 389. The third kappa shape index (κ3) is 3.99. The van der Waals surface area contributed by atoms with Crippen molar-refractivity contribution in [1.82, 2.24) is 4.90 Å². The molecule has 96 valence electrons. The minimum absolute atomic E-state index is 0.156. The van der Waals surface area contributed by atoms with Crippen LogP contribution in [0.2, 0.25) is 0 Å². The molecule has 0 fully saturated rings. The van der Waals surface area contributed by atoms with Gasteiger partial charge in [-0.05, 0) is 37.9 Å². The number of nitrogens with zero attached hydrogens (tertiary/aromatic N) is 1. The Labute approximate surface area is 97.1 Å². The highest BCUT2D eigenvalue weighted by Crippen LogP contribution is 2.31. The average Bonchev–Trinajstić information content (AvgIpc) is 2.14. The van der Waals surface area contributed by atoms with Crippen molar-refractivity contribution in [3.63, 3.8) is 0 Å². The first kappa shape index (κ1) is 14.0. The molecule has 1 rings (SSSR count). The van der Waals surface area contributed by atoms with Crippen LogP contribution in [0.5, 0.6) is 0 Å². The molecule has 0 radical (unpaired) electrons. The van der Waals surface area contributed by atoms with E-state index in [-0.39, 0.29) is 5.56 Å². The molecule has 0 aliphatic carbocycles. The van der Waals surface area contributed by atoms with Crippen LogP contribution >= 0.6 is 0 Å². The van der Waals surface area contributed by atoms with Crippen LogP contribution in [0.15, 0.2) is 18.2 Å².